The fraction of sp³-hybridized carbons (Fsp3) is 0.273. The number of carbonyl (C=O) groups is 1. The molecule has 3 aromatic rings. The first-order chi connectivity index (χ1) is 15.2. The van der Waals surface area contributed by atoms with Crippen molar-refractivity contribution in [3.05, 3.63) is 70.0 Å². The van der Waals surface area contributed by atoms with Crippen LogP contribution in [0, 0.1) is 0 Å². The number of sulfonamides is 1. The smallest absolute Gasteiger partial charge is 0.259 e. The number of rotatable bonds is 5. The summed E-state index contributed by atoms with van der Waals surface area (Å²) in [5.74, 6) is -0.281. The van der Waals surface area contributed by atoms with Crippen LogP contribution < -0.4 is 9.62 Å². The number of nitrogens with one attached hydrogen (secondary N) is 1. The molecular formula is C22H22Cl2N4O3S. The largest absolute Gasteiger partial charge is 0.320 e. The van der Waals surface area contributed by atoms with Crippen LogP contribution in [0.4, 0.5) is 11.4 Å². The van der Waals surface area contributed by atoms with Gasteiger partial charge in [-0.25, -0.2) is 13.1 Å². The molecule has 0 aliphatic carbocycles. The van der Waals surface area contributed by atoms with Crippen molar-refractivity contribution < 1.29 is 13.2 Å². The Labute approximate surface area is 197 Å². The van der Waals surface area contributed by atoms with E-state index in [-0.39, 0.29) is 17.6 Å². The van der Waals surface area contributed by atoms with Gasteiger partial charge in [0.15, 0.2) is 0 Å². The molecule has 2 heterocycles. The Kier molecular flexibility index (Phi) is 6.20. The fourth-order valence-corrected chi connectivity index (χ4v) is 5.69. The van der Waals surface area contributed by atoms with Gasteiger partial charge >= 0.3 is 0 Å². The summed E-state index contributed by atoms with van der Waals surface area (Å²) in [6.45, 7) is 4.35. The Hall–Kier alpha value is -2.55. The summed E-state index contributed by atoms with van der Waals surface area (Å²) < 4.78 is 27.6. The predicted octanol–water partition coefficient (Wildman–Crippen LogP) is 5.09. The lowest BCUT2D eigenvalue weighted by Gasteiger charge is -2.19. The number of anilines is 2. The van der Waals surface area contributed by atoms with Crippen molar-refractivity contribution in [3.63, 3.8) is 0 Å². The first-order valence-corrected chi connectivity index (χ1v) is 12.5. The summed E-state index contributed by atoms with van der Waals surface area (Å²) in [7, 11) is -3.35. The van der Waals surface area contributed by atoms with Crippen molar-refractivity contribution >= 4 is 50.5 Å². The van der Waals surface area contributed by atoms with Gasteiger partial charge in [0.2, 0.25) is 10.0 Å². The molecule has 1 aromatic heterocycles. The number of hydrogen-bond acceptors (Lipinski definition) is 4. The highest BCUT2D eigenvalue weighted by Gasteiger charge is 2.29. The van der Waals surface area contributed by atoms with Crippen molar-refractivity contribution in [1.82, 2.24) is 9.78 Å². The Morgan fingerprint density at radius 1 is 1.12 bits per heavy atom. The molecule has 1 aliphatic heterocycles. The molecule has 0 atom stereocenters. The Morgan fingerprint density at radius 2 is 1.91 bits per heavy atom. The van der Waals surface area contributed by atoms with Gasteiger partial charge in [-0.15, -0.1) is 0 Å². The third-order valence-corrected chi connectivity index (χ3v) is 7.67. The normalized spacial score (nSPS) is 15.3. The molecule has 1 N–H and O–H groups in total. The minimum Gasteiger partial charge on any atom is -0.320 e. The Morgan fingerprint density at radius 3 is 2.56 bits per heavy atom. The van der Waals surface area contributed by atoms with Crippen LogP contribution >= 0.6 is 23.2 Å². The van der Waals surface area contributed by atoms with Gasteiger partial charge in [-0.3, -0.25) is 9.10 Å². The van der Waals surface area contributed by atoms with Gasteiger partial charge in [0.25, 0.3) is 5.91 Å². The highest BCUT2D eigenvalue weighted by atomic mass is 35.5. The summed E-state index contributed by atoms with van der Waals surface area (Å²) in [5.41, 5.74) is 2.68. The first kappa shape index (κ1) is 22.6. The van der Waals surface area contributed by atoms with E-state index in [9.17, 15) is 13.2 Å². The average molecular weight is 493 g/mol. The van der Waals surface area contributed by atoms with Gasteiger partial charge in [0.1, 0.15) is 0 Å². The molecular weight excluding hydrogens is 471 g/mol. The molecule has 10 heteroatoms. The second-order valence-corrected chi connectivity index (χ2v) is 10.7. The monoisotopic (exact) mass is 492 g/mol. The zero-order valence-electron chi connectivity index (χ0n) is 17.5. The molecule has 0 bridgehead atoms. The van der Waals surface area contributed by atoms with Crippen LogP contribution in [0.5, 0.6) is 0 Å². The quantitative estimate of drug-likeness (QED) is 0.537. The standard InChI is InChI=1S/C22H22Cl2N4O3S/c1-14(2)21-18(13-25-28(21)17-6-3-5-15(23)11-17)22(29)26-20-12-16(7-8-19(20)24)27-9-4-10-32(27,30)31/h3,5-8,11-14H,4,9-10H2,1-2H3,(H,26,29). The molecule has 1 fully saturated rings. The van der Waals surface area contributed by atoms with Gasteiger partial charge in [-0.1, -0.05) is 43.1 Å². The number of nitrogens with zero attached hydrogens (tertiary/aromatic N) is 3. The number of carbonyl (C=O) groups excluding carboxylic acids is 1. The second kappa shape index (κ2) is 8.77. The SMILES string of the molecule is CC(C)c1c(C(=O)Nc2cc(N3CCCS3(=O)=O)ccc2Cl)cnn1-c1cccc(Cl)c1. The molecule has 168 valence electrons. The number of hydrogen-bond donors (Lipinski definition) is 1. The van der Waals surface area contributed by atoms with Crippen molar-refractivity contribution in [2.45, 2.75) is 26.2 Å². The maximum Gasteiger partial charge on any atom is 0.259 e. The van der Waals surface area contributed by atoms with Crippen molar-refractivity contribution in [3.8, 4) is 5.69 Å². The van der Waals surface area contributed by atoms with E-state index in [4.69, 9.17) is 23.2 Å². The number of amides is 1. The number of benzene rings is 2. The average Bonchev–Trinajstić information content (AvgIpc) is 3.33. The summed E-state index contributed by atoms with van der Waals surface area (Å²) in [5, 5.41) is 8.11. The van der Waals surface area contributed by atoms with Crippen LogP contribution in [0.3, 0.4) is 0 Å². The minimum atomic E-state index is -3.35. The molecule has 1 amide bonds. The Balaban J connectivity index is 1.67. The van der Waals surface area contributed by atoms with Crippen LogP contribution in [-0.2, 0) is 10.0 Å². The number of aromatic nitrogens is 2. The lowest BCUT2D eigenvalue weighted by atomic mass is 10.0. The third-order valence-electron chi connectivity index (χ3n) is 5.24. The van der Waals surface area contributed by atoms with E-state index < -0.39 is 10.0 Å². The highest BCUT2D eigenvalue weighted by Crippen LogP contribution is 2.32. The highest BCUT2D eigenvalue weighted by molar-refractivity contribution is 7.93. The zero-order chi connectivity index (χ0) is 23.0. The molecule has 0 radical (unpaired) electrons. The van der Waals surface area contributed by atoms with Gasteiger partial charge in [0.05, 0.1) is 45.3 Å². The summed E-state index contributed by atoms with van der Waals surface area (Å²) in [6.07, 6.45) is 2.07. The molecule has 4 rings (SSSR count). The van der Waals surface area contributed by atoms with Crippen LogP contribution in [-0.4, -0.2) is 36.4 Å². The molecule has 0 saturated carbocycles. The topological polar surface area (TPSA) is 84.3 Å². The molecule has 32 heavy (non-hydrogen) atoms. The molecule has 2 aromatic carbocycles. The Bertz CT molecular complexity index is 1290. The van der Waals surface area contributed by atoms with E-state index in [1.807, 2.05) is 26.0 Å². The van der Waals surface area contributed by atoms with Gasteiger partial charge in [-0.2, -0.15) is 5.10 Å². The first-order valence-electron chi connectivity index (χ1n) is 10.1. The predicted molar refractivity (Wildman–Crippen MR) is 128 cm³/mol. The van der Waals surface area contributed by atoms with Gasteiger partial charge in [-0.05, 0) is 48.7 Å². The van der Waals surface area contributed by atoms with Crippen molar-refractivity contribution in [2.75, 3.05) is 21.9 Å². The van der Waals surface area contributed by atoms with E-state index in [2.05, 4.69) is 10.4 Å². The zero-order valence-corrected chi connectivity index (χ0v) is 19.9. The second-order valence-electron chi connectivity index (χ2n) is 7.85. The van der Waals surface area contributed by atoms with E-state index in [1.165, 1.54) is 10.5 Å². The fourth-order valence-electron chi connectivity index (χ4n) is 3.79. The van der Waals surface area contributed by atoms with Crippen molar-refractivity contribution in [2.24, 2.45) is 0 Å². The van der Waals surface area contributed by atoms with Crippen molar-refractivity contribution in [1.29, 1.82) is 0 Å². The van der Waals surface area contributed by atoms with Crippen LogP contribution in [0.25, 0.3) is 5.69 Å². The van der Waals surface area contributed by atoms with Crippen LogP contribution in [0.15, 0.2) is 48.7 Å². The maximum absolute atomic E-state index is 13.2. The van der Waals surface area contributed by atoms with Crippen LogP contribution in [0.1, 0.15) is 42.2 Å². The van der Waals surface area contributed by atoms with Gasteiger partial charge in [0, 0.05) is 11.6 Å². The number of halogens is 2. The van der Waals surface area contributed by atoms with E-state index in [1.54, 1.807) is 35.0 Å². The lowest BCUT2D eigenvalue weighted by Crippen LogP contribution is -2.25. The van der Waals surface area contributed by atoms with Crippen LogP contribution in [0.2, 0.25) is 10.0 Å². The lowest BCUT2D eigenvalue weighted by molar-refractivity contribution is 0.102. The molecule has 0 unspecified atom stereocenters. The molecule has 1 aliphatic rings. The third kappa shape index (κ3) is 4.35. The summed E-state index contributed by atoms with van der Waals surface area (Å²) in [6, 6.07) is 12.0. The molecule has 7 nitrogen and oxygen atoms in total. The molecule has 1 saturated heterocycles. The van der Waals surface area contributed by atoms with E-state index >= 15 is 0 Å². The van der Waals surface area contributed by atoms with Gasteiger partial charge < -0.3 is 5.32 Å². The maximum atomic E-state index is 13.2. The van der Waals surface area contributed by atoms with E-state index in [0.717, 1.165) is 11.4 Å². The van der Waals surface area contributed by atoms with E-state index in [0.29, 0.717) is 39.9 Å². The minimum absolute atomic E-state index is 0.00576. The summed E-state index contributed by atoms with van der Waals surface area (Å²) in [4.78, 5) is 13.2. The summed E-state index contributed by atoms with van der Waals surface area (Å²) >= 11 is 12.4. The molecule has 0 spiro atoms.